The molecule has 0 saturated heterocycles. The zero-order valence-corrected chi connectivity index (χ0v) is 12.3. The maximum Gasteiger partial charge on any atom is 0.305 e. The summed E-state index contributed by atoms with van der Waals surface area (Å²) in [5.41, 5.74) is -0.847. The SMILES string of the molecule is CC(=O)c1cccc(S(=O)(=O)NC(C)(C)CC(=O)O)c1. The van der Waals surface area contributed by atoms with Crippen LogP contribution in [0.15, 0.2) is 29.2 Å². The van der Waals surface area contributed by atoms with Gasteiger partial charge >= 0.3 is 5.97 Å². The predicted octanol–water partition coefficient (Wildman–Crippen LogP) is 1.42. The van der Waals surface area contributed by atoms with Gasteiger partial charge in [-0.3, -0.25) is 9.59 Å². The molecule has 1 aromatic carbocycles. The van der Waals surface area contributed by atoms with Gasteiger partial charge in [-0.1, -0.05) is 12.1 Å². The Morgan fingerprint density at radius 1 is 1.30 bits per heavy atom. The number of aliphatic carboxylic acids is 1. The third-order valence-corrected chi connectivity index (χ3v) is 4.25. The first-order valence-corrected chi connectivity index (χ1v) is 7.39. The Morgan fingerprint density at radius 3 is 2.40 bits per heavy atom. The molecule has 0 spiro atoms. The molecule has 0 unspecified atom stereocenters. The lowest BCUT2D eigenvalue weighted by molar-refractivity contribution is -0.138. The second-order valence-corrected chi connectivity index (χ2v) is 6.83. The van der Waals surface area contributed by atoms with E-state index >= 15 is 0 Å². The number of carbonyl (C=O) groups is 2. The molecule has 7 heteroatoms. The number of hydrogen-bond acceptors (Lipinski definition) is 4. The van der Waals surface area contributed by atoms with E-state index in [4.69, 9.17) is 5.11 Å². The fourth-order valence-corrected chi connectivity index (χ4v) is 3.18. The topological polar surface area (TPSA) is 101 Å². The molecule has 0 atom stereocenters. The molecule has 0 radical (unpaired) electrons. The van der Waals surface area contributed by atoms with E-state index in [1.807, 2.05) is 0 Å². The van der Waals surface area contributed by atoms with Gasteiger partial charge in [-0.2, -0.15) is 0 Å². The number of Topliss-reactive ketones (excluding diaryl/α,β-unsaturated/α-hetero) is 1. The molecule has 0 fully saturated rings. The molecule has 1 aromatic rings. The second kappa shape index (κ2) is 5.72. The lowest BCUT2D eigenvalue weighted by atomic mass is 10.0. The smallest absolute Gasteiger partial charge is 0.305 e. The Hall–Kier alpha value is -1.73. The third-order valence-electron chi connectivity index (χ3n) is 2.55. The highest BCUT2D eigenvalue weighted by Crippen LogP contribution is 2.17. The molecule has 0 aliphatic rings. The first kappa shape index (κ1) is 16.3. The molecule has 0 heterocycles. The number of carboxylic acid groups (broad SMARTS) is 1. The monoisotopic (exact) mass is 299 g/mol. The normalized spacial score (nSPS) is 12.2. The molecule has 0 aromatic heterocycles. The van der Waals surface area contributed by atoms with E-state index in [1.165, 1.54) is 45.0 Å². The molecule has 2 N–H and O–H groups in total. The minimum atomic E-state index is -3.89. The van der Waals surface area contributed by atoms with Gasteiger partial charge in [-0.25, -0.2) is 13.1 Å². The van der Waals surface area contributed by atoms with Crippen LogP contribution in [0.5, 0.6) is 0 Å². The standard InChI is InChI=1S/C13H17NO5S/c1-9(15)10-5-4-6-11(7-10)20(18,19)14-13(2,3)8-12(16)17/h4-7,14H,8H2,1-3H3,(H,16,17). The quantitative estimate of drug-likeness (QED) is 0.774. The Labute approximate surface area is 117 Å². The number of hydrogen-bond donors (Lipinski definition) is 2. The van der Waals surface area contributed by atoms with Crippen molar-refractivity contribution >= 4 is 21.8 Å². The van der Waals surface area contributed by atoms with Crippen LogP contribution in [0.2, 0.25) is 0 Å². The highest BCUT2D eigenvalue weighted by Gasteiger charge is 2.28. The molecule has 6 nitrogen and oxygen atoms in total. The molecule has 110 valence electrons. The fourth-order valence-electron chi connectivity index (χ4n) is 1.72. The molecule has 0 aliphatic heterocycles. The maximum atomic E-state index is 12.2. The van der Waals surface area contributed by atoms with Gasteiger partial charge in [0.1, 0.15) is 0 Å². The molecule has 0 amide bonds. The number of carboxylic acids is 1. The van der Waals surface area contributed by atoms with Crippen LogP contribution in [0.4, 0.5) is 0 Å². The molecule has 1 rings (SSSR count). The van der Waals surface area contributed by atoms with Gasteiger partial charge in [0, 0.05) is 11.1 Å². The van der Waals surface area contributed by atoms with Gasteiger partial charge < -0.3 is 5.11 Å². The Morgan fingerprint density at radius 2 is 1.90 bits per heavy atom. The van der Waals surface area contributed by atoms with Crippen molar-refractivity contribution in [2.24, 2.45) is 0 Å². The third kappa shape index (κ3) is 4.43. The number of rotatable bonds is 6. The van der Waals surface area contributed by atoms with Crippen LogP contribution in [0.3, 0.4) is 0 Å². The molecule has 20 heavy (non-hydrogen) atoms. The van der Waals surface area contributed by atoms with E-state index < -0.39 is 21.5 Å². The van der Waals surface area contributed by atoms with Gasteiger partial charge in [-0.15, -0.1) is 0 Å². The second-order valence-electron chi connectivity index (χ2n) is 5.14. The van der Waals surface area contributed by atoms with Crippen molar-refractivity contribution in [2.45, 2.75) is 37.6 Å². The van der Waals surface area contributed by atoms with Crippen molar-refractivity contribution in [2.75, 3.05) is 0 Å². The predicted molar refractivity (Wildman–Crippen MR) is 73.1 cm³/mol. The fraction of sp³-hybridized carbons (Fsp3) is 0.385. The highest BCUT2D eigenvalue weighted by atomic mass is 32.2. The van der Waals surface area contributed by atoms with Gasteiger partial charge in [0.2, 0.25) is 10.0 Å². The van der Waals surface area contributed by atoms with E-state index in [9.17, 15) is 18.0 Å². The summed E-state index contributed by atoms with van der Waals surface area (Å²) in [5.74, 6) is -1.35. The number of benzene rings is 1. The molecule has 0 saturated carbocycles. The minimum absolute atomic E-state index is 0.0661. The van der Waals surface area contributed by atoms with Crippen LogP contribution in [-0.4, -0.2) is 30.8 Å². The summed E-state index contributed by atoms with van der Waals surface area (Å²) in [7, 11) is -3.89. The van der Waals surface area contributed by atoms with Crippen molar-refractivity contribution in [3.05, 3.63) is 29.8 Å². The molecule has 0 aliphatic carbocycles. The highest BCUT2D eigenvalue weighted by molar-refractivity contribution is 7.89. The number of ketones is 1. The van der Waals surface area contributed by atoms with Crippen LogP contribution < -0.4 is 4.72 Å². The number of carbonyl (C=O) groups excluding carboxylic acids is 1. The minimum Gasteiger partial charge on any atom is -0.481 e. The van der Waals surface area contributed by atoms with E-state index in [0.29, 0.717) is 0 Å². The molecule has 0 bridgehead atoms. The summed E-state index contributed by atoms with van der Waals surface area (Å²) in [4.78, 5) is 21.9. The Bertz CT molecular complexity index is 634. The van der Waals surface area contributed by atoms with Crippen LogP contribution in [-0.2, 0) is 14.8 Å². The van der Waals surface area contributed by atoms with E-state index in [1.54, 1.807) is 0 Å². The largest absolute Gasteiger partial charge is 0.481 e. The first-order valence-electron chi connectivity index (χ1n) is 5.90. The van der Waals surface area contributed by atoms with Gasteiger partial charge in [0.15, 0.2) is 5.78 Å². The lowest BCUT2D eigenvalue weighted by Gasteiger charge is -2.24. The van der Waals surface area contributed by atoms with E-state index in [2.05, 4.69) is 4.72 Å². The number of sulfonamides is 1. The Kier molecular flexibility index (Phi) is 4.67. The summed E-state index contributed by atoms with van der Waals surface area (Å²) in [5, 5.41) is 8.75. The Balaban J connectivity index is 3.08. The van der Waals surface area contributed by atoms with Crippen molar-refractivity contribution in [3.63, 3.8) is 0 Å². The van der Waals surface area contributed by atoms with Crippen molar-refractivity contribution in [1.82, 2.24) is 4.72 Å². The molecular weight excluding hydrogens is 282 g/mol. The maximum absolute atomic E-state index is 12.2. The summed E-state index contributed by atoms with van der Waals surface area (Å²) in [6.07, 6.45) is -0.349. The van der Waals surface area contributed by atoms with Crippen molar-refractivity contribution < 1.29 is 23.1 Å². The van der Waals surface area contributed by atoms with Gasteiger partial charge in [-0.05, 0) is 32.9 Å². The zero-order valence-electron chi connectivity index (χ0n) is 11.5. The average Bonchev–Trinajstić information content (AvgIpc) is 2.25. The zero-order chi connectivity index (χ0) is 15.6. The summed E-state index contributed by atoms with van der Waals surface area (Å²) < 4.78 is 26.7. The van der Waals surface area contributed by atoms with E-state index in [0.717, 1.165) is 0 Å². The van der Waals surface area contributed by atoms with E-state index in [-0.39, 0.29) is 22.7 Å². The van der Waals surface area contributed by atoms with Crippen LogP contribution in [0.1, 0.15) is 37.6 Å². The summed E-state index contributed by atoms with van der Waals surface area (Å²) >= 11 is 0. The number of nitrogens with one attached hydrogen (secondary N) is 1. The van der Waals surface area contributed by atoms with Crippen LogP contribution >= 0.6 is 0 Å². The lowest BCUT2D eigenvalue weighted by Crippen LogP contribution is -2.44. The summed E-state index contributed by atoms with van der Waals surface area (Å²) in [6.45, 7) is 4.30. The van der Waals surface area contributed by atoms with Gasteiger partial charge in [0.25, 0.3) is 0 Å². The first-order chi connectivity index (χ1) is 9.03. The molecular formula is C13H17NO5S. The average molecular weight is 299 g/mol. The van der Waals surface area contributed by atoms with Crippen molar-refractivity contribution in [3.8, 4) is 0 Å². The van der Waals surface area contributed by atoms with Crippen LogP contribution in [0, 0.1) is 0 Å². The van der Waals surface area contributed by atoms with Crippen molar-refractivity contribution in [1.29, 1.82) is 0 Å². The van der Waals surface area contributed by atoms with Gasteiger partial charge in [0.05, 0.1) is 11.3 Å². The van der Waals surface area contributed by atoms with Crippen LogP contribution in [0.25, 0.3) is 0 Å². The summed E-state index contributed by atoms with van der Waals surface area (Å²) in [6, 6.07) is 5.60.